The van der Waals surface area contributed by atoms with E-state index in [4.69, 9.17) is 56.6 Å². The van der Waals surface area contributed by atoms with E-state index < -0.39 is 62.5 Å². The fourth-order valence-corrected chi connectivity index (χ4v) is 2.80. The van der Waals surface area contributed by atoms with Crippen molar-refractivity contribution in [2.45, 2.75) is 56.0 Å². The zero-order valence-corrected chi connectivity index (χ0v) is 47.4. The summed E-state index contributed by atoms with van der Waals surface area (Å²) in [5, 5.41) is 30.4. The van der Waals surface area contributed by atoms with E-state index in [1.165, 1.54) is 0 Å². The van der Waals surface area contributed by atoms with Crippen molar-refractivity contribution < 1.29 is 180 Å². The fourth-order valence-electron chi connectivity index (χ4n) is 2.80. The van der Waals surface area contributed by atoms with Gasteiger partial charge in [-0.15, -0.1) is 0 Å². The number of aliphatic hydroxyl groups is 2. The second kappa shape index (κ2) is 38.6. The number of rotatable bonds is 10. The maximum atomic E-state index is 10.7. The predicted octanol–water partition coefficient (Wildman–Crippen LogP) is -0.944. The molecule has 424 valence electrons. The molecule has 27 nitrogen and oxygen atoms in total. The van der Waals surface area contributed by atoms with Gasteiger partial charge < -0.3 is 55.1 Å². The first kappa shape index (κ1) is 89.6. The SMILES string of the molecule is CCOCC.Cc1nc(N(C)/N=C/c2cccc(CO)n2)cc(N(C)/N=C/c2cccc(CO)n2)n1.O=S(=O)([O-])C(F)(F)F.O=S(=O)([O-])C(F)(F)F.O=S(=O)([O-])C(F)(F)F.O=S(=O)([O-])C(F)(F)F.[OH3+].[OH3+].[OH3+].[OH3+].[Zn+2].[Zn+2]. The van der Waals surface area contributed by atoms with E-state index in [-0.39, 0.29) is 74.1 Å². The molecule has 45 heteroatoms. The number of halogens is 12. The van der Waals surface area contributed by atoms with Gasteiger partial charge in [0, 0.05) is 33.4 Å². The number of aromatic nitrogens is 4. The molecule has 74 heavy (non-hydrogen) atoms. The number of aryl methyl sites for hydroxylation is 1. The van der Waals surface area contributed by atoms with Gasteiger partial charge in [-0.1, -0.05) is 12.1 Å². The van der Waals surface area contributed by atoms with Crippen LogP contribution >= 0.6 is 0 Å². The third-order valence-corrected chi connectivity index (χ3v) is 7.99. The summed E-state index contributed by atoms with van der Waals surface area (Å²) in [6.07, 6.45) is 3.19. The van der Waals surface area contributed by atoms with Gasteiger partial charge in [0.1, 0.15) is 5.82 Å². The Hall–Kier alpha value is -3.91. The molecule has 0 radical (unpaired) electrons. The summed E-state index contributed by atoms with van der Waals surface area (Å²) in [6, 6.07) is 12.5. The van der Waals surface area contributed by atoms with Gasteiger partial charge in [-0.05, 0) is 45.0 Å². The number of aliphatic hydroxyl groups excluding tert-OH is 2. The van der Waals surface area contributed by atoms with Gasteiger partial charge in [0.25, 0.3) is 0 Å². The van der Waals surface area contributed by atoms with Crippen LogP contribution < -0.4 is 10.0 Å². The van der Waals surface area contributed by atoms with Gasteiger partial charge in [-0.25, -0.2) is 53.6 Å². The van der Waals surface area contributed by atoms with E-state index in [0.717, 1.165) is 13.2 Å². The zero-order chi connectivity index (χ0) is 54.3. The molecule has 0 saturated heterocycles. The molecule has 3 aromatic rings. The van der Waals surface area contributed by atoms with Crippen molar-refractivity contribution in [3.8, 4) is 0 Å². The Bertz CT molecular complexity index is 2290. The molecule has 0 spiro atoms. The van der Waals surface area contributed by atoms with Crippen molar-refractivity contribution in [2.24, 2.45) is 10.2 Å². The monoisotopic (exact) mass is 1290 g/mol. The average Bonchev–Trinajstić information content (AvgIpc) is 3.17. The standard InChI is InChI=1S/C21H24N8O2.C4H10O.4CHF3O3S.4H2O.2Zn/c1-15-24-20(28(2)22-11-16-6-4-8-18(13-30)26-16)10-21(25-15)29(3)23-12-17-7-5-9-19(14-31)27-17;1-3-5-4-2;4*2-1(3,4)8(5,6)7;;;;;;/h4-12,30-31H,13-14H2,1-3H3;3-4H2,1-2H3;4*(H,5,6,7);4*1H2;;/q;;;;;;;;;;2*+2/b22-11+,23-12+;;;;;;;;;;;. The molecular weight excluding hydrogens is 1250 g/mol. The summed E-state index contributed by atoms with van der Waals surface area (Å²) in [7, 11) is -20.8. The molecule has 0 bridgehead atoms. The van der Waals surface area contributed by atoms with Crippen LogP contribution in [-0.2, 0) is 119 Å². The molecule has 0 aliphatic carbocycles. The molecule has 0 aliphatic heterocycles. The minimum absolute atomic E-state index is 0. The fraction of sp³-hybridized carbons (Fsp3) is 0.448. The summed E-state index contributed by atoms with van der Waals surface area (Å²) in [5.74, 6) is 1.73. The molecule has 0 fully saturated rings. The van der Waals surface area contributed by atoms with Gasteiger partial charge in [0.05, 0.1) is 48.4 Å². The maximum absolute atomic E-state index is 10.7. The Labute approximate surface area is 437 Å². The Balaban J connectivity index is -0.000000116. The first-order chi connectivity index (χ1) is 30.4. The molecule has 0 aliphatic rings. The van der Waals surface area contributed by atoms with E-state index >= 15 is 0 Å². The number of pyridine rings is 2. The molecular formula is C29H46F12N8O19S4Zn2+4. The van der Waals surface area contributed by atoms with Gasteiger partial charge in [0.2, 0.25) is 0 Å². The van der Waals surface area contributed by atoms with E-state index in [1.54, 1.807) is 73.8 Å². The molecule has 14 N–H and O–H groups in total. The van der Waals surface area contributed by atoms with Crippen LogP contribution in [0.2, 0.25) is 0 Å². The van der Waals surface area contributed by atoms with Crippen molar-refractivity contribution in [1.82, 2.24) is 19.9 Å². The van der Waals surface area contributed by atoms with Crippen molar-refractivity contribution in [3.05, 3.63) is 71.1 Å². The summed E-state index contributed by atoms with van der Waals surface area (Å²) in [4.78, 5) is 17.4. The number of hydrazone groups is 2. The van der Waals surface area contributed by atoms with Crippen LogP contribution in [0.3, 0.4) is 0 Å². The summed E-state index contributed by atoms with van der Waals surface area (Å²) in [5.41, 5.74) is -20.2. The van der Waals surface area contributed by atoms with E-state index in [2.05, 4.69) is 30.1 Å². The van der Waals surface area contributed by atoms with E-state index in [9.17, 15) is 62.9 Å². The second-order valence-corrected chi connectivity index (χ2v) is 16.5. The van der Waals surface area contributed by atoms with Crippen LogP contribution in [0.15, 0.2) is 52.7 Å². The zero-order valence-electron chi connectivity index (χ0n) is 38.2. The van der Waals surface area contributed by atoms with Crippen LogP contribution in [0.25, 0.3) is 0 Å². The van der Waals surface area contributed by atoms with E-state index in [1.807, 2.05) is 26.0 Å². The molecule has 0 amide bonds. The van der Waals surface area contributed by atoms with E-state index in [0.29, 0.717) is 40.2 Å². The summed E-state index contributed by atoms with van der Waals surface area (Å²) < 4.78 is 240. The maximum Gasteiger partial charge on any atom is 2.00 e. The Kier molecular flexibility index (Phi) is 46.8. The molecule has 0 atom stereocenters. The number of hydrogen-bond donors (Lipinski definition) is 2. The number of alkyl halides is 12. The second-order valence-electron chi connectivity index (χ2n) is 11.0. The van der Waals surface area contributed by atoms with Crippen molar-refractivity contribution in [3.63, 3.8) is 0 Å². The van der Waals surface area contributed by atoms with Crippen molar-refractivity contribution in [2.75, 3.05) is 37.3 Å². The average molecular weight is 1300 g/mol. The molecule has 3 rings (SSSR count). The minimum atomic E-state index is -6.09. The Morgan fingerprint density at radius 2 is 0.770 bits per heavy atom. The van der Waals surface area contributed by atoms with Crippen LogP contribution in [0.4, 0.5) is 64.3 Å². The topological polar surface area (TPSA) is 493 Å². The summed E-state index contributed by atoms with van der Waals surface area (Å²) >= 11 is 0. The van der Waals surface area contributed by atoms with Crippen molar-refractivity contribution in [1.29, 1.82) is 0 Å². The largest absolute Gasteiger partial charge is 2.00 e. The number of anilines is 2. The van der Waals surface area contributed by atoms with Crippen LogP contribution in [-0.4, -0.2) is 144 Å². The Morgan fingerprint density at radius 1 is 0.541 bits per heavy atom. The van der Waals surface area contributed by atoms with Gasteiger partial charge in [-0.3, -0.25) is 10.0 Å². The molecule has 3 heterocycles. The number of nitrogens with zero attached hydrogens (tertiary/aromatic N) is 8. The smallest absolute Gasteiger partial charge is 0.741 e. The minimum Gasteiger partial charge on any atom is -0.741 e. The molecule has 3 aromatic heterocycles. The first-order valence-electron chi connectivity index (χ1n) is 16.6. The summed E-state index contributed by atoms with van der Waals surface area (Å²) in [6.45, 7) is 7.21. The van der Waals surface area contributed by atoms with Gasteiger partial charge >= 0.3 is 61.0 Å². The molecule has 0 saturated carbocycles. The first-order valence-corrected chi connectivity index (χ1v) is 22.2. The Morgan fingerprint density at radius 3 is 0.946 bits per heavy atom. The predicted molar refractivity (Wildman–Crippen MR) is 224 cm³/mol. The van der Waals surface area contributed by atoms with Gasteiger partial charge in [0.15, 0.2) is 52.1 Å². The third-order valence-electron chi connectivity index (χ3n) is 5.72. The molecule has 0 aromatic carbocycles. The number of ether oxygens (including phenoxy) is 1. The quantitative estimate of drug-likeness (QED) is 0.0470. The van der Waals surface area contributed by atoms with Gasteiger partial charge in [-0.2, -0.15) is 62.9 Å². The van der Waals surface area contributed by atoms with Crippen LogP contribution in [0, 0.1) is 6.92 Å². The van der Waals surface area contributed by atoms with Crippen LogP contribution in [0.5, 0.6) is 0 Å². The van der Waals surface area contributed by atoms with Crippen molar-refractivity contribution >= 4 is 64.5 Å². The van der Waals surface area contributed by atoms with Crippen LogP contribution in [0.1, 0.15) is 42.4 Å². The normalized spacial score (nSPS) is 11.4. The third kappa shape index (κ3) is 39.5. The number of hydrogen-bond acceptors (Lipinski definition) is 23. The molecule has 0 unspecified atom stereocenters.